The maximum absolute atomic E-state index is 12.1. The van der Waals surface area contributed by atoms with Crippen molar-refractivity contribution in [2.75, 3.05) is 18.5 Å². The number of benzene rings is 2. The summed E-state index contributed by atoms with van der Waals surface area (Å²) in [5, 5.41) is 24.4. The first kappa shape index (κ1) is 21.3. The summed E-state index contributed by atoms with van der Waals surface area (Å²) in [5.74, 6) is -1.66. The van der Waals surface area contributed by atoms with Crippen molar-refractivity contribution in [3.63, 3.8) is 0 Å². The van der Waals surface area contributed by atoms with Crippen LogP contribution < -0.4 is 10.1 Å². The van der Waals surface area contributed by atoms with Crippen molar-refractivity contribution in [3.8, 4) is 5.75 Å². The number of nitrogens with one attached hydrogen (secondary N) is 1. The molecule has 1 N–H and O–H groups in total. The number of carbonyl (C=O) groups excluding carboxylic acids is 2. The third kappa shape index (κ3) is 5.48. The summed E-state index contributed by atoms with van der Waals surface area (Å²) in [5.41, 5.74) is -0.102. The van der Waals surface area contributed by atoms with Crippen molar-refractivity contribution >= 4 is 28.9 Å². The first-order chi connectivity index (χ1) is 13.7. The van der Waals surface area contributed by atoms with Crippen molar-refractivity contribution in [3.05, 3.63) is 67.8 Å². The quantitative estimate of drug-likeness (QED) is 0.401. The zero-order valence-corrected chi connectivity index (χ0v) is 15.5. The first-order valence-corrected chi connectivity index (χ1v) is 8.36. The molecule has 2 aromatic carbocycles. The highest BCUT2D eigenvalue weighted by Gasteiger charge is 2.20. The van der Waals surface area contributed by atoms with E-state index in [9.17, 15) is 29.8 Å². The Morgan fingerprint density at radius 2 is 1.72 bits per heavy atom. The van der Waals surface area contributed by atoms with Gasteiger partial charge in [-0.2, -0.15) is 0 Å². The van der Waals surface area contributed by atoms with E-state index in [0.717, 1.165) is 6.07 Å². The highest BCUT2D eigenvalue weighted by atomic mass is 16.6. The topological polar surface area (TPSA) is 151 Å². The molecule has 0 spiro atoms. The SMILES string of the molecule is CCOc1ccc(C(=O)OCC(=O)Nc2ccc(C)c([N+](=O)[O-])c2)cc1[N+](=O)[O-]. The lowest BCUT2D eigenvalue weighted by Crippen LogP contribution is -2.21. The zero-order chi connectivity index (χ0) is 21.6. The van der Waals surface area contributed by atoms with Gasteiger partial charge in [0.25, 0.3) is 11.6 Å². The van der Waals surface area contributed by atoms with Crippen LogP contribution in [0.2, 0.25) is 0 Å². The maximum Gasteiger partial charge on any atom is 0.338 e. The normalized spacial score (nSPS) is 10.1. The van der Waals surface area contributed by atoms with E-state index < -0.39 is 34.0 Å². The Kier molecular flexibility index (Phi) is 6.80. The summed E-state index contributed by atoms with van der Waals surface area (Å²) >= 11 is 0. The minimum atomic E-state index is -0.943. The largest absolute Gasteiger partial charge is 0.487 e. The third-order valence-electron chi connectivity index (χ3n) is 3.72. The lowest BCUT2D eigenvalue weighted by Gasteiger charge is -2.08. The molecular formula is C18H17N3O8. The van der Waals surface area contributed by atoms with Gasteiger partial charge in [0.15, 0.2) is 12.4 Å². The first-order valence-electron chi connectivity index (χ1n) is 8.36. The number of rotatable bonds is 8. The molecule has 0 fully saturated rings. The molecule has 0 bridgehead atoms. The van der Waals surface area contributed by atoms with Crippen LogP contribution in [0.3, 0.4) is 0 Å². The Balaban J connectivity index is 2.03. The van der Waals surface area contributed by atoms with Crippen molar-refractivity contribution in [1.29, 1.82) is 0 Å². The number of carbonyl (C=O) groups is 2. The molecular weight excluding hydrogens is 386 g/mol. The zero-order valence-electron chi connectivity index (χ0n) is 15.5. The maximum atomic E-state index is 12.1. The minimum Gasteiger partial charge on any atom is -0.487 e. The molecule has 0 radical (unpaired) electrons. The van der Waals surface area contributed by atoms with E-state index in [1.54, 1.807) is 13.8 Å². The fourth-order valence-electron chi connectivity index (χ4n) is 2.36. The summed E-state index contributed by atoms with van der Waals surface area (Å²) in [4.78, 5) is 44.8. The van der Waals surface area contributed by atoms with Crippen LogP contribution in [0.5, 0.6) is 5.75 Å². The van der Waals surface area contributed by atoms with E-state index in [1.165, 1.54) is 30.3 Å². The van der Waals surface area contributed by atoms with Gasteiger partial charge < -0.3 is 14.8 Å². The molecule has 0 aliphatic carbocycles. The Hall–Kier alpha value is -4.02. The van der Waals surface area contributed by atoms with Crippen LogP contribution >= 0.6 is 0 Å². The summed E-state index contributed by atoms with van der Waals surface area (Å²) in [6, 6.07) is 7.67. The number of hydrogen-bond acceptors (Lipinski definition) is 8. The second kappa shape index (κ2) is 9.26. The molecule has 0 aliphatic rings. The van der Waals surface area contributed by atoms with Gasteiger partial charge in [-0.15, -0.1) is 0 Å². The number of amides is 1. The second-order valence-electron chi connectivity index (χ2n) is 5.76. The Morgan fingerprint density at radius 1 is 1.03 bits per heavy atom. The van der Waals surface area contributed by atoms with Gasteiger partial charge >= 0.3 is 11.7 Å². The predicted octanol–water partition coefficient (Wildman–Crippen LogP) is 3.01. The molecule has 0 atom stereocenters. The molecule has 0 saturated carbocycles. The molecule has 29 heavy (non-hydrogen) atoms. The molecule has 2 rings (SSSR count). The molecule has 2 aromatic rings. The van der Waals surface area contributed by atoms with E-state index in [2.05, 4.69) is 5.32 Å². The van der Waals surface area contributed by atoms with Gasteiger partial charge in [0.1, 0.15) is 0 Å². The van der Waals surface area contributed by atoms with Crippen LogP contribution in [-0.4, -0.2) is 34.9 Å². The summed E-state index contributed by atoms with van der Waals surface area (Å²) in [6.07, 6.45) is 0. The van der Waals surface area contributed by atoms with E-state index in [4.69, 9.17) is 9.47 Å². The highest BCUT2D eigenvalue weighted by Crippen LogP contribution is 2.28. The van der Waals surface area contributed by atoms with Crippen LogP contribution in [0, 0.1) is 27.2 Å². The van der Waals surface area contributed by atoms with Crippen LogP contribution in [0.25, 0.3) is 0 Å². The van der Waals surface area contributed by atoms with Crippen molar-refractivity contribution in [2.24, 2.45) is 0 Å². The molecule has 0 aliphatic heterocycles. The molecule has 0 unspecified atom stereocenters. The van der Waals surface area contributed by atoms with Gasteiger partial charge in [-0.05, 0) is 32.0 Å². The van der Waals surface area contributed by atoms with Gasteiger partial charge in [-0.1, -0.05) is 6.07 Å². The van der Waals surface area contributed by atoms with Crippen LogP contribution in [0.15, 0.2) is 36.4 Å². The Bertz CT molecular complexity index is 974. The number of nitro benzene ring substituents is 2. The van der Waals surface area contributed by atoms with Crippen LogP contribution in [0.4, 0.5) is 17.1 Å². The second-order valence-corrected chi connectivity index (χ2v) is 5.76. The molecule has 1 amide bonds. The van der Waals surface area contributed by atoms with Gasteiger partial charge in [0, 0.05) is 23.4 Å². The Labute approximate surface area is 164 Å². The fourth-order valence-corrected chi connectivity index (χ4v) is 2.36. The number of aryl methyl sites for hydroxylation is 1. The predicted molar refractivity (Wildman–Crippen MR) is 101 cm³/mol. The highest BCUT2D eigenvalue weighted by molar-refractivity contribution is 5.96. The number of nitrogens with zero attached hydrogens (tertiary/aromatic N) is 2. The number of hydrogen-bond donors (Lipinski definition) is 1. The van der Waals surface area contributed by atoms with E-state index >= 15 is 0 Å². The minimum absolute atomic E-state index is 0.00718. The summed E-state index contributed by atoms with van der Waals surface area (Å²) in [7, 11) is 0. The van der Waals surface area contributed by atoms with Crippen LogP contribution in [0.1, 0.15) is 22.8 Å². The average molecular weight is 403 g/mol. The van der Waals surface area contributed by atoms with Gasteiger partial charge in [0.05, 0.1) is 22.0 Å². The smallest absolute Gasteiger partial charge is 0.338 e. The number of nitro groups is 2. The third-order valence-corrected chi connectivity index (χ3v) is 3.72. The van der Waals surface area contributed by atoms with E-state index in [-0.39, 0.29) is 29.3 Å². The molecule has 152 valence electrons. The summed E-state index contributed by atoms with van der Waals surface area (Å²) in [6.45, 7) is 2.75. The van der Waals surface area contributed by atoms with Gasteiger partial charge in [-0.3, -0.25) is 25.0 Å². The lowest BCUT2D eigenvalue weighted by atomic mass is 10.2. The Morgan fingerprint density at radius 3 is 2.34 bits per heavy atom. The van der Waals surface area contributed by atoms with Crippen molar-refractivity contribution in [2.45, 2.75) is 13.8 Å². The van der Waals surface area contributed by atoms with Crippen molar-refractivity contribution in [1.82, 2.24) is 0 Å². The fraction of sp³-hybridized carbons (Fsp3) is 0.222. The number of ether oxygens (including phenoxy) is 2. The van der Waals surface area contributed by atoms with Gasteiger partial charge in [-0.25, -0.2) is 4.79 Å². The van der Waals surface area contributed by atoms with E-state index in [0.29, 0.717) is 5.56 Å². The molecule has 11 nitrogen and oxygen atoms in total. The monoisotopic (exact) mass is 403 g/mol. The van der Waals surface area contributed by atoms with E-state index in [1.807, 2.05) is 0 Å². The van der Waals surface area contributed by atoms with Crippen molar-refractivity contribution < 1.29 is 28.9 Å². The molecule has 0 saturated heterocycles. The summed E-state index contributed by atoms with van der Waals surface area (Å²) < 4.78 is 9.98. The molecule has 11 heteroatoms. The number of anilines is 1. The van der Waals surface area contributed by atoms with Crippen LogP contribution in [-0.2, 0) is 9.53 Å². The molecule has 0 aromatic heterocycles. The van der Waals surface area contributed by atoms with Gasteiger partial charge in [0.2, 0.25) is 0 Å². The lowest BCUT2D eigenvalue weighted by molar-refractivity contribution is -0.385. The average Bonchev–Trinajstić information content (AvgIpc) is 2.67. The number of esters is 1. The standard InChI is InChI=1S/C18H17N3O8/c1-3-28-16-7-5-12(8-15(16)21(26)27)18(23)29-10-17(22)19-13-6-4-11(2)14(9-13)20(24)25/h4-9H,3,10H2,1-2H3,(H,19,22). The molecule has 0 heterocycles.